The van der Waals surface area contributed by atoms with Gasteiger partial charge in [-0.2, -0.15) is 5.10 Å². The first-order valence-corrected chi connectivity index (χ1v) is 9.60. The van der Waals surface area contributed by atoms with Crippen LogP contribution in [0.5, 0.6) is 11.5 Å². The van der Waals surface area contributed by atoms with Crippen LogP contribution in [0.15, 0.2) is 60.8 Å². The fraction of sp³-hybridized carbons (Fsp3) is 0.273. The molecule has 0 aliphatic carbocycles. The largest absolute Gasteiger partial charge is 0.455 e. The van der Waals surface area contributed by atoms with Crippen LogP contribution >= 0.6 is 12.4 Å². The third-order valence-electron chi connectivity index (χ3n) is 4.84. The van der Waals surface area contributed by atoms with E-state index in [1.165, 1.54) is 0 Å². The number of nitrogens with zero attached hydrogens (tertiary/aromatic N) is 2. The number of ether oxygens (including phenoxy) is 1. The number of halogens is 1. The molecule has 1 amide bonds. The molecule has 0 bridgehead atoms. The standard InChI is InChI=1S/C22H24N4O2.ClH/c1-16-9-10-21(28-18-7-3-2-4-8-18)20(14-16)24-22(27)19-11-13-26(25-19)17-6-5-12-23-15-17;/h2-4,7-11,13-14,17,23H,5-6,12,15H2,1H3,(H,24,27);1H. The molecule has 0 radical (unpaired) electrons. The molecule has 29 heavy (non-hydrogen) atoms. The Kier molecular flexibility index (Phi) is 6.90. The first kappa shape index (κ1) is 20.9. The van der Waals surface area contributed by atoms with Gasteiger partial charge in [0.25, 0.3) is 5.91 Å². The lowest BCUT2D eigenvalue weighted by Gasteiger charge is -2.22. The molecule has 2 N–H and O–H groups in total. The van der Waals surface area contributed by atoms with Crippen LogP contribution in [-0.2, 0) is 0 Å². The minimum atomic E-state index is -0.244. The maximum Gasteiger partial charge on any atom is 0.276 e. The van der Waals surface area contributed by atoms with Gasteiger partial charge in [0.05, 0.1) is 11.7 Å². The minimum absolute atomic E-state index is 0. The second kappa shape index (κ2) is 9.58. The lowest BCUT2D eigenvalue weighted by atomic mass is 10.1. The SMILES string of the molecule is Cc1ccc(Oc2ccccc2)c(NC(=O)c2ccn(C3CCCNC3)n2)c1.Cl. The number of benzene rings is 2. The van der Waals surface area contributed by atoms with Crippen molar-refractivity contribution in [2.45, 2.75) is 25.8 Å². The number of para-hydroxylation sites is 1. The second-order valence-electron chi connectivity index (χ2n) is 7.05. The molecule has 1 atom stereocenters. The van der Waals surface area contributed by atoms with Crippen LogP contribution < -0.4 is 15.4 Å². The Labute approximate surface area is 176 Å². The van der Waals surface area contributed by atoms with Gasteiger partial charge < -0.3 is 15.4 Å². The monoisotopic (exact) mass is 412 g/mol. The van der Waals surface area contributed by atoms with Crippen molar-refractivity contribution in [3.63, 3.8) is 0 Å². The van der Waals surface area contributed by atoms with Gasteiger partial charge in [0.2, 0.25) is 0 Å². The summed E-state index contributed by atoms with van der Waals surface area (Å²) in [5, 5.41) is 10.8. The summed E-state index contributed by atoms with van der Waals surface area (Å²) in [5.74, 6) is 1.07. The van der Waals surface area contributed by atoms with Gasteiger partial charge >= 0.3 is 0 Å². The molecular weight excluding hydrogens is 388 g/mol. The Balaban J connectivity index is 0.00000240. The number of nitrogens with one attached hydrogen (secondary N) is 2. The first-order valence-electron chi connectivity index (χ1n) is 9.60. The fourth-order valence-electron chi connectivity index (χ4n) is 3.35. The van der Waals surface area contributed by atoms with Crippen LogP contribution in [0, 0.1) is 6.92 Å². The summed E-state index contributed by atoms with van der Waals surface area (Å²) in [5.41, 5.74) is 2.06. The number of amides is 1. The molecule has 1 fully saturated rings. The van der Waals surface area contributed by atoms with Crippen molar-refractivity contribution in [3.05, 3.63) is 72.1 Å². The zero-order valence-corrected chi connectivity index (χ0v) is 17.1. The van der Waals surface area contributed by atoms with Gasteiger partial charge in [-0.25, -0.2) is 0 Å². The molecule has 0 saturated carbocycles. The smallest absolute Gasteiger partial charge is 0.276 e. The van der Waals surface area contributed by atoms with Gasteiger partial charge in [0, 0.05) is 12.7 Å². The Morgan fingerprint density at radius 1 is 1.21 bits per heavy atom. The van der Waals surface area contributed by atoms with E-state index in [1.54, 1.807) is 6.07 Å². The molecule has 6 nitrogen and oxygen atoms in total. The molecule has 1 unspecified atom stereocenters. The van der Waals surface area contributed by atoms with Crippen LogP contribution in [0.2, 0.25) is 0 Å². The normalized spacial score (nSPS) is 16.0. The highest BCUT2D eigenvalue weighted by Gasteiger charge is 2.18. The number of hydrogen-bond donors (Lipinski definition) is 2. The van der Waals surface area contributed by atoms with Crippen LogP contribution in [0.1, 0.15) is 34.9 Å². The molecule has 3 aromatic rings. The number of carbonyl (C=O) groups is 1. The summed E-state index contributed by atoms with van der Waals surface area (Å²) in [7, 11) is 0. The van der Waals surface area contributed by atoms with E-state index in [0.717, 1.165) is 37.2 Å². The molecule has 4 rings (SSSR count). The Morgan fingerprint density at radius 3 is 2.79 bits per heavy atom. The van der Waals surface area contributed by atoms with Crippen molar-refractivity contribution in [2.75, 3.05) is 18.4 Å². The highest BCUT2D eigenvalue weighted by molar-refractivity contribution is 6.03. The maximum absolute atomic E-state index is 12.8. The summed E-state index contributed by atoms with van der Waals surface area (Å²) in [4.78, 5) is 12.8. The zero-order chi connectivity index (χ0) is 19.3. The van der Waals surface area contributed by atoms with Crippen molar-refractivity contribution < 1.29 is 9.53 Å². The van der Waals surface area contributed by atoms with Gasteiger partial charge in [-0.3, -0.25) is 9.48 Å². The van der Waals surface area contributed by atoms with E-state index in [4.69, 9.17) is 4.74 Å². The van der Waals surface area contributed by atoms with E-state index < -0.39 is 0 Å². The Morgan fingerprint density at radius 2 is 2.03 bits per heavy atom. The molecular formula is C22H25ClN4O2. The molecule has 1 aliphatic rings. The molecule has 0 spiro atoms. The summed E-state index contributed by atoms with van der Waals surface area (Å²) >= 11 is 0. The molecule has 2 aromatic carbocycles. The lowest BCUT2D eigenvalue weighted by Crippen LogP contribution is -2.32. The van der Waals surface area contributed by atoms with Gasteiger partial charge in [-0.05, 0) is 62.2 Å². The van der Waals surface area contributed by atoms with Gasteiger partial charge in [-0.15, -0.1) is 12.4 Å². The van der Waals surface area contributed by atoms with Crippen LogP contribution in [-0.4, -0.2) is 28.8 Å². The van der Waals surface area contributed by atoms with E-state index in [9.17, 15) is 4.79 Å². The van der Waals surface area contributed by atoms with Crippen LogP contribution in [0.3, 0.4) is 0 Å². The van der Waals surface area contributed by atoms with E-state index in [-0.39, 0.29) is 18.3 Å². The molecule has 1 aromatic heterocycles. The quantitative estimate of drug-likeness (QED) is 0.643. The Hall–Kier alpha value is -2.83. The number of rotatable bonds is 5. The lowest BCUT2D eigenvalue weighted by molar-refractivity contribution is 0.102. The zero-order valence-electron chi connectivity index (χ0n) is 16.3. The molecule has 1 saturated heterocycles. The average molecular weight is 413 g/mol. The van der Waals surface area contributed by atoms with E-state index in [2.05, 4.69) is 15.7 Å². The molecule has 152 valence electrons. The van der Waals surface area contributed by atoms with E-state index >= 15 is 0 Å². The van der Waals surface area contributed by atoms with E-state index in [1.807, 2.05) is 66.3 Å². The summed E-state index contributed by atoms with van der Waals surface area (Å²) in [6.45, 7) is 3.91. The maximum atomic E-state index is 12.8. The Bertz CT molecular complexity index is 952. The fourth-order valence-corrected chi connectivity index (χ4v) is 3.35. The average Bonchev–Trinajstić information content (AvgIpc) is 3.22. The number of aryl methyl sites for hydroxylation is 1. The van der Waals surface area contributed by atoms with Crippen LogP contribution in [0.25, 0.3) is 0 Å². The third kappa shape index (κ3) is 5.16. The number of aromatic nitrogens is 2. The highest BCUT2D eigenvalue weighted by atomic mass is 35.5. The van der Waals surface area contributed by atoms with Gasteiger partial charge in [-0.1, -0.05) is 24.3 Å². The number of hydrogen-bond acceptors (Lipinski definition) is 4. The van der Waals surface area contributed by atoms with Crippen molar-refractivity contribution >= 4 is 24.0 Å². The van der Waals surface area contributed by atoms with Crippen molar-refractivity contribution in [1.29, 1.82) is 0 Å². The second-order valence-corrected chi connectivity index (χ2v) is 7.05. The number of carbonyl (C=O) groups excluding carboxylic acids is 1. The number of piperidine rings is 1. The summed E-state index contributed by atoms with van der Waals surface area (Å²) in [6.07, 6.45) is 4.07. The summed E-state index contributed by atoms with van der Waals surface area (Å²) < 4.78 is 7.84. The summed E-state index contributed by atoms with van der Waals surface area (Å²) in [6, 6.07) is 17.3. The van der Waals surface area contributed by atoms with Crippen molar-refractivity contribution in [1.82, 2.24) is 15.1 Å². The predicted octanol–water partition coefficient (Wildman–Crippen LogP) is 4.58. The van der Waals surface area contributed by atoms with Crippen molar-refractivity contribution in [3.8, 4) is 11.5 Å². The first-order chi connectivity index (χ1) is 13.7. The highest BCUT2D eigenvalue weighted by Crippen LogP contribution is 2.30. The molecule has 7 heteroatoms. The molecule has 1 aliphatic heterocycles. The minimum Gasteiger partial charge on any atom is -0.455 e. The number of anilines is 1. The van der Waals surface area contributed by atoms with Crippen molar-refractivity contribution in [2.24, 2.45) is 0 Å². The van der Waals surface area contributed by atoms with Gasteiger partial charge in [0.15, 0.2) is 11.4 Å². The predicted molar refractivity (Wildman–Crippen MR) is 116 cm³/mol. The van der Waals surface area contributed by atoms with Crippen LogP contribution in [0.4, 0.5) is 5.69 Å². The van der Waals surface area contributed by atoms with E-state index in [0.29, 0.717) is 23.2 Å². The van der Waals surface area contributed by atoms with Gasteiger partial charge in [0.1, 0.15) is 5.75 Å². The third-order valence-corrected chi connectivity index (χ3v) is 4.84. The topological polar surface area (TPSA) is 68.2 Å². The molecule has 2 heterocycles.